The van der Waals surface area contributed by atoms with Crippen molar-refractivity contribution in [2.75, 3.05) is 13.1 Å². The Morgan fingerprint density at radius 3 is 2.95 bits per heavy atom. The maximum atomic E-state index is 13.2. The van der Waals surface area contributed by atoms with E-state index in [-0.39, 0.29) is 30.7 Å². The van der Waals surface area contributed by atoms with E-state index in [1.807, 2.05) is 11.0 Å². The number of rotatable bonds is 5. The average molecular weight is 293 g/mol. The smallest absolute Gasteiger partial charge is 0.312 e. The van der Waals surface area contributed by atoms with Gasteiger partial charge in [-0.25, -0.2) is 9.18 Å². The molecule has 1 heterocycles. The van der Waals surface area contributed by atoms with Gasteiger partial charge in [0.25, 0.3) is 0 Å². The molecule has 3 N–H and O–H groups in total. The highest BCUT2D eigenvalue weighted by Gasteiger charge is 2.28. The number of nitrogens with two attached hydrogens (primary N) is 1. The normalized spacial score (nSPS) is 17.8. The van der Waals surface area contributed by atoms with Crippen LogP contribution < -0.4 is 11.1 Å². The summed E-state index contributed by atoms with van der Waals surface area (Å²) in [6.07, 6.45) is 2.77. The van der Waals surface area contributed by atoms with Crippen molar-refractivity contribution in [1.82, 2.24) is 10.2 Å². The van der Waals surface area contributed by atoms with Crippen LogP contribution in [0.4, 0.5) is 9.18 Å². The van der Waals surface area contributed by atoms with E-state index >= 15 is 0 Å². The molecule has 0 saturated carbocycles. The molecule has 21 heavy (non-hydrogen) atoms. The van der Waals surface area contributed by atoms with E-state index in [1.165, 1.54) is 12.1 Å². The molecule has 0 bridgehead atoms. The first-order valence-electron chi connectivity index (χ1n) is 7.13. The van der Waals surface area contributed by atoms with Gasteiger partial charge in [0.15, 0.2) is 0 Å². The number of carbonyl (C=O) groups is 2. The molecule has 114 valence electrons. The van der Waals surface area contributed by atoms with Crippen LogP contribution in [0.25, 0.3) is 0 Å². The minimum Gasteiger partial charge on any atom is -0.352 e. The molecule has 1 saturated heterocycles. The van der Waals surface area contributed by atoms with E-state index in [9.17, 15) is 14.0 Å². The molecule has 1 fully saturated rings. The monoisotopic (exact) mass is 293 g/mol. The van der Waals surface area contributed by atoms with Crippen LogP contribution in [0.15, 0.2) is 24.3 Å². The van der Waals surface area contributed by atoms with Gasteiger partial charge in [-0.05, 0) is 37.0 Å². The van der Waals surface area contributed by atoms with Crippen molar-refractivity contribution in [3.05, 3.63) is 35.6 Å². The number of hydrogen-bond donors (Lipinski definition) is 2. The van der Waals surface area contributed by atoms with Gasteiger partial charge in [-0.3, -0.25) is 4.79 Å². The summed E-state index contributed by atoms with van der Waals surface area (Å²) in [5.41, 5.74) is 5.86. The van der Waals surface area contributed by atoms with Crippen molar-refractivity contribution < 1.29 is 14.0 Å². The second-order valence-electron chi connectivity index (χ2n) is 5.26. The molecule has 5 nitrogen and oxygen atoms in total. The summed E-state index contributed by atoms with van der Waals surface area (Å²) < 4.78 is 13.2. The summed E-state index contributed by atoms with van der Waals surface area (Å²) in [7, 11) is 0. The lowest BCUT2D eigenvalue weighted by Crippen LogP contribution is -2.39. The van der Waals surface area contributed by atoms with Gasteiger partial charge in [-0.1, -0.05) is 12.1 Å². The molecule has 0 radical (unpaired) electrons. The van der Waals surface area contributed by atoms with Gasteiger partial charge in [0.05, 0.1) is 0 Å². The summed E-state index contributed by atoms with van der Waals surface area (Å²) >= 11 is 0. The number of nitrogens with one attached hydrogen (secondary N) is 1. The van der Waals surface area contributed by atoms with E-state index in [2.05, 4.69) is 5.32 Å². The molecule has 0 aliphatic carbocycles. The fourth-order valence-electron chi connectivity index (χ4n) is 2.75. The Balaban J connectivity index is 1.90. The van der Waals surface area contributed by atoms with Crippen molar-refractivity contribution in [3.8, 4) is 0 Å². The van der Waals surface area contributed by atoms with Gasteiger partial charge in [-0.2, -0.15) is 0 Å². The molecular formula is C15H20FN3O2. The first kappa shape index (κ1) is 15.3. The van der Waals surface area contributed by atoms with Crippen molar-refractivity contribution in [3.63, 3.8) is 0 Å². The Bertz CT molecular complexity index is 521. The lowest BCUT2D eigenvalue weighted by Gasteiger charge is -2.25. The number of likely N-dealkylation sites (tertiary alicyclic amines) is 1. The Kier molecular flexibility index (Phi) is 5.14. The van der Waals surface area contributed by atoms with E-state index in [0.29, 0.717) is 6.42 Å². The summed E-state index contributed by atoms with van der Waals surface area (Å²) in [5, 5.41) is 2.41. The zero-order chi connectivity index (χ0) is 15.2. The molecule has 0 spiro atoms. The third-order valence-corrected chi connectivity index (χ3v) is 3.70. The maximum absolute atomic E-state index is 13.2. The third-order valence-electron chi connectivity index (χ3n) is 3.70. The van der Waals surface area contributed by atoms with Crippen LogP contribution in [0, 0.1) is 5.82 Å². The molecule has 6 heteroatoms. The molecule has 1 aliphatic heterocycles. The van der Waals surface area contributed by atoms with Crippen LogP contribution in [0.1, 0.15) is 24.8 Å². The van der Waals surface area contributed by atoms with E-state index < -0.39 is 6.03 Å². The first-order valence-corrected chi connectivity index (χ1v) is 7.13. The molecule has 1 aromatic carbocycles. The number of benzene rings is 1. The molecular weight excluding hydrogens is 273 g/mol. The van der Waals surface area contributed by atoms with Crippen molar-refractivity contribution in [2.24, 2.45) is 5.73 Å². The maximum Gasteiger partial charge on any atom is 0.312 e. The molecule has 1 aliphatic rings. The standard InChI is InChI=1S/C15H20FN3O2/c16-12-4-1-3-11(9-12)10-13-5-2-8-19(13)14(20)6-7-18-15(17)21/h1,3-4,9,13H,2,5-8,10H2,(H3,17,18,21). The molecule has 1 atom stereocenters. The summed E-state index contributed by atoms with van der Waals surface area (Å²) in [4.78, 5) is 24.6. The fraction of sp³-hybridized carbons (Fsp3) is 0.467. The highest BCUT2D eigenvalue weighted by atomic mass is 19.1. The predicted octanol–water partition coefficient (Wildman–Crippen LogP) is 1.42. The van der Waals surface area contributed by atoms with Crippen LogP contribution in [-0.2, 0) is 11.2 Å². The number of urea groups is 1. The number of nitrogens with zero attached hydrogens (tertiary/aromatic N) is 1. The molecule has 2 rings (SSSR count). The number of hydrogen-bond acceptors (Lipinski definition) is 2. The average Bonchev–Trinajstić information content (AvgIpc) is 2.86. The summed E-state index contributed by atoms with van der Waals surface area (Å²) in [6, 6.07) is 5.96. The van der Waals surface area contributed by atoms with Crippen molar-refractivity contribution in [2.45, 2.75) is 31.7 Å². The third kappa shape index (κ3) is 4.44. The molecule has 1 aromatic rings. The Hall–Kier alpha value is -2.11. The predicted molar refractivity (Wildman–Crippen MR) is 77.0 cm³/mol. The lowest BCUT2D eigenvalue weighted by molar-refractivity contribution is -0.131. The van der Waals surface area contributed by atoms with Gasteiger partial charge in [0, 0.05) is 25.6 Å². The SMILES string of the molecule is NC(=O)NCCC(=O)N1CCCC1Cc1cccc(F)c1. The number of primary amides is 1. The second kappa shape index (κ2) is 7.06. The first-order chi connectivity index (χ1) is 10.1. The van der Waals surface area contributed by atoms with Gasteiger partial charge in [0.1, 0.15) is 5.82 Å². The van der Waals surface area contributed by atoms with Gasteiger partial charge in [-0.15, -0.1) is 0 Å². The Morgan fingerprint density at radius 2 is 2.24 bits per heavy atom. The molecule has 3 amide bonds. The van der Waals surface area contributed by atoms with E-state index in [0.717, 1.165) is 24.9 Å². The molecule has 0 aromatic heterocycles. The van der Waals surface area contributed by atoms with Crippen LogP contribution in [-0.4, -0.2) is 36.0 Å². The summed E-state index contributed by atoms with van der Waals surface area (Å²) in [5.74, 6) is -0.253. The van der Waals surface area contributed by atoms with Crippen LogP contribution in [0.5, 0.6) is 0 Å². The minimum atomic E-state index is -0.625. The van der Waals surface area contributed by atoms with E-state index in [1.54, 1.807) is 6.07 Å². The van der Waals surface area contributed by atoms with Crippen molar-refractivity contribution in [1.29, 1.82) is 0 Å². The van der Waals surface area contributed by atoms with Crippen molar-refractivity contribution >= 4 is 11.9 Å². The number of carbonyl (C=O) groups excluding carboxylic acids is 2. The lowest BCUT2D eigenvalue weighted by atomic mass is 10.0. The number of halogens is 1. The Labute approximate surface area is 123 Å². The fourth-order valence-corrected chi connectivity index (χ4v) is 2.75. The van der Waals surface area contributed by atoms with Gasteiger partial charge >= 0.3 is 6.03 Å². The van der Waals surface area contributed by atoms with Gasteiger partial charge < -0.3 is 16.0 Å². The number of amides is 3. The van der Waals surface area contributed by atoms with Gasteiger partial charge in [0.2, 0.25) is 5.91 Å². The van der Waals surface area contributed by atoms with E-state index in [4.69, 9.17) is 5.73 Å². The topological polar surface area (TPSA) is 75.4 Å². The zero-order valence-corrected chi connectivity index (χ0v) is 11.8. The highest BCUT2D eigenvalue weighted by Crippen LogP contribution is 2.22. The minimum absolute atomic E-state index is 0.00246. The highest BCUT2D eigenvalue weighted by molar-refractivity contribution is 5.78. The summed E-state index contributed by atoms with van der Waals surface area (Å²) in [6.45, 7) is 0.965. The van der Waals surface area contributed by atoms with Crippen LogP contribution >= 0.6 is 0 Å². The van der Waals surface area contributed by atoms with Crippen LogP contribution in [0.3, 0.4) is 0 Å². The quantitative estimate of drug-likeness (QED) is 0.861. The Morgan fingerprint density at radius 1 is 1.43 bits per heavy atom. The molecule has 1 unspecified atom stereocenters. The zero-order valence-electron chi connectivity index (χ0n) is 11.8. The largest absolute Gasteiger partial charge is 0.352 e. The van der Waals surface area contributed by atoms with Crippen LogP contribution in [0.2, 0.25) is 0 Å². The second-order valence-corrected chi connectivity index (χ2v) is 5.26.